The van der Waals surface area contributed by atoms with E-state index in [2.05, 4.69) is 4.98 Å². The number of carbonyl (C=O) groups is 1. The molecule has 2 heterocycles. The van der Waals surface area contributed by atoms with Crippen molar-refractivity contribution in [1.29, 1.82) is 0 Å². The van der Waals surface area contributed by atoms with Crippen LogP contribution in [0.4, 0.5) is 0 Å². The third-order valence-corrected chi connectivity index (χ3v) is 6.19. The van der Waals surface area contributed by atoms with Gasteiger partial charge in [0.2, 0.25) is 0 Å². The lowest BCUT2D eigenvalue weighted by atomic mass is 10.1. The number of imidazole rings is 1. The Balaban J connectivity index is 1.56. The molecule has 0 atom stereocenters. The Morgan fingerprint density at radius 1 is 1.12 bits per heavy atom. The molecule has 0 aliphatic carbocycles. The van der Waals surface area contributed by atoms with E-state index in [9.17, 15) is 14.7 Å². The third kappa shape index (κ3) is 3.81. The van der Waals surface area contributed by atoms with Gasteiger partial charge in [0.1, 0.15) is 6.61 Å². The number of benzene rings is 3. The predicted molar refractivity (Wildman–Crippen MR) is 126 cm³/mol. The van der Waals surface area contributed by atoms with Crippen LogP contribution in [0.1, 0.15) is 21.5 Å². The summed E-state index contributed by atoms with van der Waals surface area (Å²) in [5, 5.41) is 9.22. The SMILES string of the molecule is COc1cccc(/C=c2\sc3nc4ccccc4n3c2=O)c1OCc1cccc(C(=O)O)c1. The van der Waals surface area contributed by atoms with Gasteiger partial charge < -0.3 is 14.6 Å². The Labute approximate surface area is 191 Å². The largest absolute Gasteiger partial charge is 0.493 e. The van der Waals surface area contributed by atoms with E-state index in [1.54, 1.807) is 41.9 Å². The molecule has 7 nitrogen and oxygen atoms in total. The van der Waals surface area contributed by atoms with Gasteiger partial charge in [0, 0.05) is 5.56 Å². The van der Waals surface area contributed by atoms with Gasteiger partial charge in [-0.25, -0.2) is 14.2 Å². The van der Waals surface area contributed by atoms with Crippen LogP contribution < -0.4 is 19.6 Å². The van der Waals surface area contributed by atoms with Crippen molar-refractivity contribution in [2.24, 2.45) is 0 Å². The van der Waals surface area contributed by atoms with Crippen LogP contribution in [-0.2, 0) is 6.61 Å². The highest BCUT2D eigenvalue weighted by molar-refractivity contribution is 7.15. The highest BCUT2D eigenvalue weighted by Crippen LogP contribution is 2.32. The molecule has 164 valence electrons. The maximum atomic E-state index is 13.1. The normalized spacial score (nSPS) is 11.8. The van der Waals surface area contributed by atoms with Crippen molar-refractivity contribution in [2.75, 3.05) is 7.11 Å². The molecule has 0 fully saturated rings. The summed E-state index contributed by atoms with van der Waals surface area (Å²) in [7, 11) is 1.54. The molecule has 0 aliphatic rings. The summed E-state index contributed by atoms with van der Waals surface area (Å²) in [6, 6.07) is 19.5. The molecule has 1 N–H and O–H groups in total. The number of carboxylic acids is 1. The standard InChI is InChI=1S/C25H18N2O5S/c1-31-20-11-5-7-16(22(20)32-14-15-6-4-8-17(12-15)24(29)30)13-21-23(28)27-19-10-3-2-9-18(19)26-25(27)33-21/h2-13H,14H2,1H3,(H,29,30)/b21-13-. The van der Waals surface area contributed by atoms with E-state index in [0.717, 1.165) is 11.0 Å². The molecule has 5 rings (SSSR count). The number of hydrogen-bond donors (Lipinski definition) is 1. The number of ether oxygens (including phenoxy) is 2. The molecule has 0 aliphatic heterocycles. The number of nitrogens with zero attached hydrogens (tertiary/aromatic N) is 2. The van der Waals surface area contributed by atoms with E-state index < -0.39 is 5.97 Å². The number of para-hydroxylation sites is 3. The minimum atomic E-state index is -0.999. The summed E-state index contributed by atoms with van der Waals surface area (Å²) in [5.74, 6) is -0.0187. The molecular weight excluding hydrogens is 440 g/mol. The molecule has 5 aromatic rings. The molecule has 33 heavy (non-hydrogen) atoms. The zero-order valence-electron chi connectivity index (χ0n) is 17.5. The quantitative estimate of drug-likeness (QED) is 0.417. The molecule has 0 saturated heterocycles. The average Bonchev–Trinajstić information content (AvgIpc) is 3.34. The summed E-state index contributed by atoms with van der Waals surface area (Å²) in [4.78, 5) is 29.6. The maximum absolute atomic E-state index is 13.1. The monoisotopic (exact) mass is 458 g/mol. The lowest BCUT2D eigenvalue weighted by Gasteiger charge is -2.13. The topological polar surface area (TPSA) is 90.1 Å². The lowest BCUT2D eigenvalue weighted by Crippen LogP contribution is -2.22. The lowest BCUT2D eigenvalue weighted by molar-refractivity contribution is 0.0696. The Bertz CT molecular complexity index is 1620. The molecule has 0 spiro atoms. The van der Waals surface area contributed by atoms with Gasteiger partial charge in [-0.2, -0.15) is 0 Å². The van der Waals surface area contributed by atoms with Crippen molar-refractivity contribution in [3.8, 4) is 11.5 Å². The van der Waals surface area contributed by atoms with Gasteiger partial charge in [0.15, 0.2) is 16.5 Å². The van der Waals surface area contributed by atoms with Gasteiger partial charge in [-0.3, -0.25) is 4.79 Å². The zero-order chi connectivity index (χ0) is 22.9. The van der Waals surface area contributed by atoms with Crippen molar-refractivity contribution >= 4 is 39.4 Å². The highest BCUT2D eigenvalue weighted by atomic mass is 32.1. The fourth-order valence-corrected chi connectivity index (χ4v) is 4.64. The van der Waals surface area contributed by atoms with Crippen LogP contribution >= 0.6 is 11.3 Å². The summed E-state index contributed by atoms with van der Waals surface area (Å²) >= 11 is 1.31. The van der Waals surface area contributed by atoms with E-state index in [-0.39, 0.29) is 17.7 Å². The van der Waals surface area contributed by atoms with Crippen molar-refractivity contribution in [1.82, 2.24) is 9.38 Å². The third-order valence-electron chi connectivity index (χ3n) is 5.22. The number of methoxy groups -OCH3 is 1. The van der Waals surface area contributed by atoms with E-state index in [1.807, 2.05) is 36.4 Å². The first-order valence-corrected chi connectivity index (χ1v) is 10.9. The average molecular weight is 458 g/mol. The van der Waals surface area contributed by atoms with Gasteiger partial charge in [-0.1, -0.05) is 47.7 Å². The van der Waals surface area contributed by atoms with Gasteiger partial charge in [-0.05, 0) is 42.0 Å². The van der Waals surface area contributed by atoms with Crippen LogP contribution in [0.25, 0.3) is 22.1 Å². The Morgan fingerprint density at radius 2 is 1.94 bits per heavy atom. The molecule has 0 saturated carbocycles. The molecule has 0 unspecified atom stereocenters. The van der Waals surface area contributed by atoms with Crippen molar-refractivity contribution < 1.29 is 19.4 Å². The number of carboxylic acid groups (broad SMARTS) is 1. The van der Waals surface area contributed by atoms with Crippen LogP contribution in [-0.4, -0.2) is 27.6 Å². The van der Waals surface area contributed by atoms with Crippen LogP contribution in [0, 0.1) is 0 Å². The Hall–Kier alpha value is -4.17. The van der Waals surface area contributed by atoms with E-state index in [4.69, 9.17) is 9.47 Å². The maximum Gasteiger partial charge on any atom is 0.335 e. The molecule has 0 amide bonds. The molecule has 3 aromatic carbocycles. The number of aromatic carboxylic acids is 1. The first-order chi connectivity index (χ1) is 16.0. The second-order valence-electron chi connectivity index (χ2n) is 7.31. The Morgan fingerprint density at radius 3 is 2.76 bits per heavy atom. The number of hydrogen-bond acceptors (Lipinski definition) is 6. The second kappa shape index (κ2) is 8.40. The predicted octanol–water partition coefficient (Wildman–Crippen LogP) is 3.74. The molecule has 8 heteroatoms. The van der Waals surface area contributed by atoms with E-state index >= 15 is 0 Å². The Kier molecular flexibility index (Phi) is 5.27. The summed E-state index contributed by atoms with van der Waals surface area (Å²) < 4.78 is 13.7. The molecular formula is C25H18N2O5S. The first-order valence-electron chi connectivity index (χ1n) is 10.1. The fourth-order valence-electron chi connectivity index (χ4n) is 3.66. The molecule has 0 bridgehead atoms. The summed E-state index contributed by atoms with van der Waals surface area (Å²) in [5.41, 5.74) is 2.97. The fraction of sp³-hybridized carbons (Fsp3) is 0.0800. The van der Waals surface area contributed by atoms with Crippen LogP contribution in [0.2, 0.25) is 0 Å². The van der Waals surface area contributed by atoms with Gasteiger partial charge in [0.25, 0.3) is 5.56 Å². The number of aromatic nitrogens is 2. The molecule has 2 aromatic heterocycles. The van der Waals surface area contributed by atoms with Gasteiger partial charge in [-0.15, -0.1) is 0 Å². The van der Waals surface area contributed by atoms with Gasteiger partial charge in [0.05, 0.1) is 28.2 Å². The van der Waals surface area contributed by atoms with E-state index in [0.29, 0.717) is 32.1 Å². The first kappa shape index (κ1) is 20.7. The van der Waals surface area contributed by atoms with Gasteiger partial charge >= 0.3 is 5.97 Å². The summed E-state index contributed by atoms with van der Waals surface area (Å²) in [6.45, 7) is 0.144. The number of rotatable bonds is 6. The van der Waals surface area contributed by atoms with Crippen molar-refractivity contribution in [3.05, 3.63) is 98.3 Å². The second-order valence-corrected chi connectivity index (χ2v) is 8.32. The minimum absolute atomic E-state index is 0.144. The highest BCUT2D eigenvalue weighted by Gasteiger charge is 2.14. The van der Waals surface area contributed by atoms with Crippen LogP contribution in [0.5, 0.6) is 11.5 Å². The van der Waals surface area contributed by atoms with Crippen LogP contribution in [0.15, 0.2) is 71.5 Å². The number of thiazole rings is 1. The number of fused-ring (bicyclic) bond motifs is 3. The van der Waals surface area contributed by atoms with Crippen molar-refractivity contribution in [2.45, 2.75) is 6.61 Å². The molecule has 0 radical (unpaired) electrons. The minimum Gasteiger partial charge on any atom is -0.493 e. The van der Waals surface area contributed by atoms with Crippen LogP contribution in [0.3, 0.4) is 0 Å². The van der Waals surface area contributed by atoms with Crippen molar-refractivity contribution in [3.63, 3.8) is 0 Å². The zero-order valence-corrected chi connectivity index (χ0v) is 18.3. The smallest absolute Gasteiger partial charge is 0.335 e. The van der Waals surface area contributed by atoms with E-state index in [1.165, 1.54) is 17.4 Å². The summed E-state index contributed by atoms with van der Waals surface area (Å²) in [6.07, 6.45) is 1.77.